The number of rotatable bonds is 8. The second kappa shape index (κ2) is 8.63. The SMILES string of the molecule is CCn1nc(C2CC2)cc1Nc1nc(COC)nc2[nH]c3cc(-c4c(C)noc4C)c(OC)cc3c12. The summed E-state index contributed by atoms with van der Waals surface area (Å²) in [4.78, 5) is 13.1. The van der Waals surface area contributed by atoms with E-state index in [4.69, 9.17) is 29.1 Å². The maximum atomic E-state index is 5.82. The molecule has 0 atom stereocenters. The Bertz CT molecular complexity index is 1570. The molecule has 36 heavy (non-hydrogen) atoms. The molecule has 0 radical (unpaired) electrons. The summed E-state index contributed by atoms with van der Waals surface area (Å²) >= 11 is 0. The Hall–Kier alpha value is -3.92. The fraction of sp³-hybridized carbons (Fsp3) is 0.385. The van der Waals surface area contributed by atoms with Crippen LogP contribution in [0.3, 0.4) is 0 Å². The summed E-state index contributed by atoms with van der Waals surface area (Å²) in [7, 11) is 3.31. The minimum atomic E-state index is 0.300. The van der Waals surface area contributed by atoms with Crippen LogP contribution in [0.25, 0.3) is 33.1 Å². The average Bonchev–Trinajstić information content (AvgIpc) is 3.42. The normalized spacial score (nSPS) is 13.7. The number of hydrogen-bond acceptors (Lipinski definition) is 8. The number of aryl methyl sites for hydroxylation is 3. The predicted octanol–water partition coefficient (Wildman–Crippen LogP) is 5.38. The molecule has 2 N–H and O–H groups in total. The van der Waals surface area contributed by atoms with E-state index in [2.05, 4.69) is 34.5 Å². The summed E-state index contributed by atoms with van der Waals surface area (Å²) in [6, 6.07) is 6.21. The molecule has 1 aromatic carbocycles. The third kappa shape index (κ3) is 3.69. The van der Waals surface area contributed by atoms with Gasteiger partial charge < -0.3 is 24.3 Å². The molecule has 0 spiro atoms. The molecule has 1 saturated carbocycles. The highest BCUT2D eigenvalue weighted by atomic mass is 16.5. The van der Waals surface area contributed by atoms with Gasteiger partial charge in [-0.25, -0.2) is 14.6 Å². The second-order valence-electron chi connectivity index (χ2n) is 9.24. The summed E-state index contributed by atoms with van der Waals surface area (Å²) in [5, 5.41) is 14.3. The summed E-state index contributed by atoms with van der Waals surface area (Å²) in [6.07, 6.45) is 2.40. The van der Waals surface area contributed by atoms with Crippen LogP contribution in [0.4, 0.5) is 11.6 Å². The number of H-pyrrole nitrogens is 1. The number of nitrogens with zero attached hydrogens (tertiary/aromatic N) is 5. The maximum absolute atomic E-state index is 5.82. The smallest absolute Gasteiger partial charge is 0.158 e. The van der Waals surface area contributed by atoms with Crippen LogP contribution >= 0.6 is 0 Å². The molecule has 0 bridgehead atoms. The van der Waals surface area contributed by atoms with Crippen LogP contribution in [0.5, 0.6) is 5.75 Å². The fourth-order valence-corrected chi connectivity index (χ4v) is 4.86. The van der Waals surface area contributed by atoms with Gasteiger partial charge in [0, 0.05) is 42.1 Å². The third-order valence-electron chi connectivity index (χ3n) is 6.73. The molecule has 1 fully saturated rings. The van der Waals surface area contributed by atoms with E-state index in [0.29, 0.717) is 24.2 Å². The molecule has 6 rings (SSSR count). The van der Waals surface area contributed by atoms with Crippen molar-refractivity contribution in [1.29, 1.82) is 0 Å². The summed E-state index contributed by atoms with van der Waals surface area (Å²) < 4.78 is 18.6. The fourth-order valence-electron chi connectivity index (χ4n) is 4.86. The molecule has 0 saturated heterocycles. The maximum Gasteiger partial charge on any atom is 0.158 e. The molecule has 0 aliphatic heterocycles. The van der Waals surface area contributed by atoms with Gasteiger partial charge in [0.25, 0.3) is 0 Å². The van der Waals surface area contributed by atoms with Gasteiger partial charge in [-0.3, -0.25) is 0 Å². The van der Waals surface area contributed by atoms with E-state index in [1.165, 1.54) is 12.8 Å². The molecule has 186 valence electrons. The van der Waals surface area contributed by atoms with E-state index in [0.717, 1.165) is 68.3 Å². The highest BCUT2D eigenvalue weighted by molar-refractivity contribution is 6.13. The highest BCUT2D eigenvalue weighted by Gasteiger charge is 2.28. The summed E-state index contributed by atoms with van der Waals surface area (Å²) in [5.74, 6) is 4.22. The largest absolute Gasteiger partial charge is 0.496 e. The molecule has 0 amide bonds. The number of anilines is 2. The van der Waals surface area contributed by atoms with Crippen LogP contribution in [0.2, 0.25) is 0 Å². The van der Waals surface area contributed by atoms with Gasteiger partial charge in [0.15, 0.2) is 5.82 Å². The average molecular weight is 488 g/mol. The molecule has 4 aromatic heterocycles. The lowest BCUT2D eigenvalue weighted by Crippen LogP contribution is -2.06. The Morgan fingerprint density at radius 1 is 1.17 bits per heavy atom. The minimum absolute atomic E-state index is 0.300. The van der Waals surface area contributed by atoms with Gasteiger partial charge >= 0.3 is 0 Å². The number of benzene rings is 1. The van der Waals surface area contributed by atoms with Crippen molar-refractivity contribution in [2.75, 3.05) is 19.5 Å². The monoisotopic (exact) mass is 487 g/mol. The van der Waals surface area contributed by atoms with Crippen molar-refractivity contribution in [2.45, 2.75) is 52.7 Å². The number of methoxy groups -OCH3 is 2. The Kier molecular flexibility index (Phi) is 5.40. The lowest BCUT2D eigenvalue weighted by atomic mass is 10.0. The second-order valence-corrected chi connectivity index (χ2v) is 9.24. The van der Waals surface area contributed by atoms with Gasteiger partial charge in [-0.15, -0.1) is 0 Å². The Labute approximate surface area is 208 Å². The quantitative estimate of drug-likeness (QED) is 0.300. The number of fused-ring (bicyclic) bond motifs is 3. The van der Waals surface area contributed by atoms with Crippen molar-refractivity contribution in [3.63, 3.8) is 0 Å². The number of hydrogen-bond donors (Lipinski definition) is 2. The van der Waals surface area contributed by atoms with Crippen LogP contribution in [0.15, 0.2) is 22.7 Å². The first kappa shape index (κ1) is 22.5. The zero-order chi connectivity index (χ0) is 25.0. The molecule has 10 heteroatoms. The number of nitrogens with one attached hydrogen (secondary N) is 2. The van der Waals surface area contributed by atoms with Crippen molar-refractivity contribution in [2.24, 2.45) is 0 Å². The molecular formula is C26H29N7O3. The molecule has 0 unspecified atom stereocenters. The molecule has 4 heterocycles. The van der Waals surface area contributed by atoms with E-state index in [-0.39, 0.29) is 0 Å². The first-order valence-corrected chi connectivity index (χ1v) is 12.2. The van der Waals surface area contributed by atoms with Gasteiger partial charge in [0.1, 0.15) is 35.4 Å². The Morgan fingerprint density at radius 2 is 2.00 bits per heavy atom. The van der Waals surface area contributed by atoms with Crippen molar-refractivity contribution < 1.29 is 14.0 Å². The van der Waals surface area contributed by atoms with Crippen LogP contribution in [-0.2, 0) is 17.9 Å². The van der Waals surface area contributed by atoms with E-state index >= 15 is 0 Å². The molecular weight excluding hydrogens is 458 g/mol. The van der Waals surface area contributed by atoms with Gasteiger partial charge in [0.2, 0.25) is 0 Å². The van der Waals surface area contributed by atoms with Gasteiger partial charge in [-0.05, 0) is 45.7 Å². The Balaban J connectivity index is 1.55. The first-order valence-electron chi connectivity index (χ1n) is 12.2. The van der Waals surface area contributed by atoms with Crippen molar-refractivity contribution in [3.05, 3.63) is 41.2 Å². The first-order chi connectivity index (χ1) is 17.5. The lowest BCUT2D eigenvalue weighted by Gasteiger charge is -2.11. The van der Waals surface area contributed by atoms with Gasteiger partial charge in [0.05, 0.1) is 29.4 Å². The topological polar surface area (TPSA) is 116 Å². The van der Waals surface area contributed by atoms with Crippen LogP contribution in [-0.4, -0.2) is 44.1 Å². The van der Waals surface area contributed by atoms with Crippen molar-refractivity contribution in [3.8, 4) is 16.9 Å². The Morgan fingerprint density at radius 3 is 2.67 bits per heavy atom. The van der Waals surface area contributed by atoms with E-state index in [9.17, 15) is 0 Å². The number of aromatic amines is 1. The molecule has 5 aromatic rings. The van der Waals surface area contributed by atoms with Crippen LogP contribution < -0.4 is 10.1 Å². The van der Waals surface area contributed by atoms with Crippen molar-refractivity contribution >= 4 is 33.6 Å². The minimum Gasteiger partial charge on any atom is -0.496 e. The van der Waals surface area contributed by atoms with Crippen LogP contribution in [0.1, 0.15) is 48.7 Å². The van der Waals surface area contributed by atoms with Gasteiger partial charge in [-0.1, -0.05) is 5.16 Å². The highest BCUT2D eigenvalue weighted by Crippen LogP contribution is 2.42. The third-order valence-corrected chi connectivity index (χ3v) is 6.73. The summed E-state index contributed by atoms with van der Waals surface area (Å²) in [5.41, 5.74) is 5.41. The zero-order valence-corrected chi connectivity index (χ0v) is 21.1. The zero-order valence-electron chi connectivity index (χ0n) is 21.1. The molecule has 1 aliphatic rings. The molecule has 10 nitrogen and oxygen atoms in total. The van der Waals surface area contributed by atoms with E-state index < -0.39 is 0 Å². The predicted molar refractivity (Wildman–Crippen MR) is 137 cm³/mol. The number of ether oxygens (including phenoxy) is 2. The standard InChI is InChI=1S/C26H29N7O3/c1-6-33-22(11-18(31-33)15-7-8-15)30-26-24-16-10-20(35-5)17(23-13(2)32-36-14(23)3)9-19(16)27-25(24)28-21(29-26)12-34-4/h9-11,15H,6-8,12H2,1-5H3,(H2,27,28,29,30). The van der Waals surface area contributed by atoms with E-state index in [1.807, 2.05) is 24.6 Å². The van der Waals surface area contributed by atoms with Gasteiger partial charge in [-0.2, -0.15) is 5.10 Å². The van der Waals surface area contributed by atoms with Crippen molar-refractivity contribution in [1.82, 2.24) is 29.9 Å². The summed E-state index contributed by atoms with van der Waals surface area (Å²) in [6.45, 7) is 6.98. The van der Waals surface area contributed by atoms with Crippen LogP contribution in [0, 0.1) is 13.8 Å². The molecule has 1 aliphatic carbocycles. The number of aromatic nitrogens is 6. The van der Waals surface area contributed by atoms with E-state index in [1.54, 1.807) is 14.2 Å². The lowest BCUT2D eigenvalue weighted by molar-refractivity contribution is 0.178.